The molecule has 0 aliphatic heterocycles. The highest BCUT2D eigenvalue weighted by Gasteiger charge is 2.19. The van der Waals surface area contributed by atoms with E-state index in [1.165, 1.54) is 16.1 Å². The van der Waals surface area contributed by atoms with Gasteiger partial charge in [-0.2, -0.15) is 11.8 Å². The molecule has 0 radical (unpaired) electrons. The normalized spacial score (nSPS) is 11.3. The molecule has 1 N–H and O–H groups in total. The number of carbonyl (C=O) groups excluding carboxylic acids is 1. The highest BCUT2D eigenvalue weighted by molar-refractivity contribution is 7.98. The van der Waals surface area contributed by atoms with Crippen molar-refractivity contribution in [1.29, 1.82) is 0 Å². The van der Waals surface area contributed by atoms with Crippen molar-refractivity contribution in [1.82, 2.24) is 5.32 Å². The van der Waals surface area contributed by atoms with E-state index in [4.69, 9.17) is 11.6 Å². The molecule has 0 bridgehead atoms. The third kappa shape index (κ3) is 7.85. The molecule has 0 saturated heterocycles. The Morgan fingerprint density at radius 1 is 1.13 bits per heavy atom. The average Bonchev–Trinajstić information content (AvgIpc) is 2.68. The average molecular weight is 469 g/mol. The van der Waals surface area contributed by atoms with Gasteiger partial charge in [-0.1, -0.05) is 35.9 Å². The summed E-state index contributed by atoms with van der Waals surface area (Å²) in [6, 6.07) is 13.4. The number of hydrogen-bond donors (Lipinski definition) is 1. The van der Waals surface area contributed by atoms with Crippen molar-refractivity contribution in [3.8, 4) is 0 Å². The summed E-state index contributed by atoms with van der Waals surface area (Å²) in [6.45, 7) is 4.74. The van der Waals surface area contributed by atoms with Crippen molar-refractivity contribution < 1.29 is 13.2 Å². The Morgan fingerprint density at radius 2 is 1.83 bits per heavy atom. The van der Waals surface area contributed by atoms with E-state index < -0.39 is 10.0 Å². The van der Waals surface area contributed by atoms with E-state index in [0.29, 0.717) is 25.1 Å². The van der Waals surface area contributed by atoms with Crippen LogP contribution in [0.5, 0.6) is 0 Å². The quantitative estimate of drug-likeness (QED) is 0.491. The van der Waals surface area contributed by atoms with Gasteiger partial charge in [-0.3, -0.25) is 9.10 Å². The number of nitrogens with one attached hydrogen (secondary N) is 1. The first-order chi connectivity index (χ1) is 14.2. The minimum atomic E-state index is -3.42. The Bertz CT molecular complexity index is 947. The summed E-state index contributed by atoms with van der Waals surface area (Å²) in [4.78, 5) is 12.1. The number of sulfonamides is 1. The number of hydrogen-bond acceptors (Lipinski definition) is 4. The minimum Gasteiger partial charge on any atom is -0.355 e. The lowest BCUT2D eigenvalue weighted by Crippen LogP contribution is -2.33. The van der Waals surface area contributed by atoms with E-state index in [1.54, 1.807) is 17.8 Å². The van der Waals surface area contributed by atoms with E-state index in [9.17, 15) is 13.2 Å². The maximum Gasteiger partial charge on any atom is 0.232 e. The van der Waals surface area contributed by atoms with Gasteiger partial charge in [0.2, 0.25) is 15.9 Å². The second kappa shape index (κ2) is 11.6. The summed E-state index contributed by atoms with van der Waals surface area (Å²) in [5.74, 6) is 1.62. The van der Waals surface area contributed by atoms with Gasteiger partial charge >= 0.3 is 0 Å². The molecular weight excluding hydrogens is 440 g/mol. The molecule has 2 rings (SSSR count). The van der Waals surface area contributed by atoms with Crippen LogP contribution in [-0.2, 0) is 20.6 Å². The molecule has 2 aromatic rings. The summed E-state index contributed by atoms with van der Waals surface area (Å²) in [5.41, 5.74) is 3.85. The molecule has 8 heteroatoms. The monoisotopic (exact) mass is 468 g/mol. The zero-order valence-electron chi connectivity index (χ0n) is 17.7. The van der Waals surface area contributed by atoms with E-state index in [-0.39, 0.29) is 12.5 Å². The van der Waals surface area contributed by atoms with Gasteiger partial charge in [0.1, 0.15) is 0 Å². The van der Waals surface area contributed by atoms with Crippen molar-refractivity contribution in [2.75, 3.05) is 29.4 Å². The highest BCUT2D eigenvalue weighted by Crippen LogP contribution is 2.25. The van der Waals surface area contributed by atoms with E-state index in [2.05, 4.69) is 5.32 Å². The van der Waals surface area contributed by atoms with Crippen LogP contribution in [-0.4, -0.2) is 39.4 Å². The summed E-state index contributed by atoms with van der Waals surface area (Å²) >= 11 is 7.62. The lowest BCUT2D eigenvalue weighted by Gasteiger charge is -2.24. The SMILES string of the molecule is Cc1cccc(N(CCCC(=O)NCCSCc2ccc(Cl)cc2)S(C)(=O)=O)c1C. The van der Waals surface area contributed by atoms with Gasteiger partial charge in [0.25, 0.3) is 0 Å². The number of anilines is 1. The number of benzene rings is 2. The van der Waals surface area contributed by atoms with E-state index in [0.717, 1.165) is 27.7 Å². The van der Waals surface area contributed by atoms with Crippen LogP contribution in [0, 0.1) is 13.8 Å². The fourth-order valence-electron chi connectivity index (χ4n) is 2.98. The molecule has 0 aromatic heterocycles. The zero-order chi connectivity index (χ0) is 22.1. The Balaban J connectivity index is 1.73. The Hall–Kier alpha value is -1.70. The van der Waals surface area contributed by atoms with Gasteiger partial charge < -0.3 is 5.32 Å². The third-order valence-corrected chi connectivity index (χ3v) is 7.22. The first-order valence-electron chi connectivity index (χ1n) is 9.81. The molecule has 5 nitrogen and oxygen atoms in total. The van der Waals surface area contributed by atoms with Crippen molar-refractivity contribution in [3.05, 3.63) is 64.2 Å². The molecule has 0 atom stereocenters. The molecule has 0 fully saturated rings. The molecule has 0 saturated carbocycles. The molecule has 0 unspecified atom stereocenters. The maximum atomic E-state index is 12.3. The molecule has 0 aliphatic carbocycles. The van der Waals surface area contributed by atoms with Crippen LogP contribution in [0.25, 0.3) is 0 Å². The molecule has 0 spiro atoms. The van der Waals surface area contributed by atoms with Gasteiger partial charge in [-0.25, -0.2) is 8.42 Å². The minimum absolute atomic E-state index is 0.0588. The molecule has 164 valence electrons. The predicted molar refractivity (Wildman–Crippen MR) is 128 cm³/mol. The van der Waals surface area contributed by atoms with Crippen LogP contribution < -0.4 is 9.62 Å². The molecule has 2 aromatic carbocycles. The zero-order valence-corrected chi connectivity index (χ0v) is 20.0. The van der Waals surface area contributed by atoms with Gasteiger partial charge in [0.05, 0.1) is 11.9 Å². The number of thioether (sulfide) groups is 1. The number of nitrogens with zero attached hydrogens (tertiary/aromatic N) is 1. The summed E-state index contributed by atoms with van der Waals surface area (Å²) in [7, 11) is -3.42. The smallest absolute Gasteiger partial charge is 0.232 e. The Labute approximate surface area is 189 Å². The largest absolute Gasteiger partial charge is 0.355 e. The van der Waals surface area contributed by atoms with Crippen LogP contribution in [0.3, 0.4) is 0 Å². The number of aryl methyl sites for hydroxylation is 1. The topological polar surface area (TPSA) is 66.5 Å². The van der Waals surface area contributed by atoms with Gasteiger partial charge in [0, 0.05) is 36.0 Å². The Morgan fingerprint density at radius 3 is 2.50 bits per heavy atom. The molecule has 0 heterocycles. The highest BCUT2D eigenvalue weighted by atomic mass is 35.5. The first kappa shape index (κ1) is 24.6. The summed E-state index contributed by atoms with van der Waals surface area (Å²) in [5, 5.41) is 3.63. The molecular formula is C22H29ClN2O3S2. The Kier molecular flexibility index (Phi) is 9.52. The number of halogens is 1. The van der Waals surface area contributed by atoms with Crippen LogP contribution in [0.15, 0.2) is 42.5 Å². The van der Waals surface area contributed by atoms with Gasteiger partial charge in [0.15, 0.2) is 0 Å². The maximum absolute atomic E-state index is 12.3. The standard InChI is InChI=1S/C22H29ClN2O3S2/c1-17-6-4-7-21(18(17)2)25(30(3,27)28)14-5-8-22(26)24-13-15-29-16-19-9-11-20(23)12-10-19/h4,6-7,9-12H,5,8,13-16H2,1-3H3,(H,24,26). The molecule has 1 amide bonds. The van der Waals surface area contributed by atoms with Crippen molar-refractivity contribution in [2.24, 2.45) is 0 Å². The van der Waals surface area contributed by atoms with Gasteiger partial charge in [-0.05, 0) is 55.2 Å². The number of amides is 1. The first-order valence-corrected chi connectivity index (χ1v) is 13.2. The van der Waals surface area contributed by atoms with Crippen molar-refractivity contribution in [2.45, 2.75) is 32.4 Å². The fraction of sp³-hybridized carbons (Fsp3) is 0.409. The number of rotatable bonds is 11. The van der Waals surface area contributed by atoms with Crippen LogP contribution >= 0.6 is 23.4 Å². The number of carbonyl (C=O) groups is 1. The van der Waals surface area contributed by atoms with Crippen LogP contribution in [0.1, 0.15) is 29.5 Å². The van der Waals surface area contributed by atoms with Crippen LogP contribution in [0.4, 0.5) is 5.69 Å². The summed E-state index contributed by atoms with van der Waals surface area (Å²) in [6.07, 6.45) is 1.95. The summed E-state index contributed by atoms with van der Waals surface area (Å²) < 4.78 is 25.9. The lowest BCUT2D eigenvalue weighted by molar-refractivity contribution is -0.121. The lowest BCUT2D eigenvalue weighted by atomic mass is 10.1. The van der Waals surface area contributed by atoms with E-state index >= 15 is 0 Å². The second-order valence-corrected chi connectivity index (χ2v) is 10.6. The van der Waals surface area contributed by atoms with Crippen molar-refractivity contribution >= 4 is 45.0 Å². The second-order valence-electron chi connectivity index (χ2n) is 7.19. The third-order valence-electron chi connectivity index (χ3n) is 4.76. The predicted octanol–water partition coefficient (Wildman–Crippen LogP) is 4.55. The molecule has 0 aliphatic rings. The molecule has 30 heavy (non-hydrogen) atoms. The van der Waals surface area contributed by atoms with E-state index in [1.807, 2.05) is 50.2 Å². The fourth-order valence-corrected chi connectivity index (χ4v) is 4.94. The van der Waals surface area contributed by atoms with Crippen LogP contribution in [0.2, 0.25) is 5.02 Å². The van der Waals surface area contributed by atoms with Crippen molar-refractivity contribution in [3.63, 3.8) is 0 Å². The van der Waals surface area contributed by atoms with Gasteiger partial charge in [-0.15, -0.1) is 0 Å².